The number of ether oxygens (including phenoxy) is 2. The average molecular weight is 447 g/mol. The van der Waals surface area contributed by atoms with Gasteiger partial charge in [0.1, 0.15) is 18.1 Å². The largest absolute Gasteiger partial charge is 0.497 e. The van der Waals surface area contributed by atoms with Gasteiger partial charge in [0.05, 0.1) is 54.0 Å². The second kappa shape index (κ2) is 8.84. The molecule has 8 heteroatoms. The van der Waals surface area contributed by atoms with E-state index in [2.05, 4.69) is 10.1 Å². The molecule has 1 aliphatic heterocycles. The molecule has 4 aromatic rings. The van der Waals surface area contributed by atoms with Gasteiger partial charge < -0.3 is 14.4 Å². The van der Waals surface area contributed by atoms with Crippen molar-refractivity contribution in [3.8, 4) is 17.2 Å². The molecular weight excluding hydrogens is 424 g/mol. The van der Waals surface area contributed by atoms with Gasteiger partial charge in [-0.2, -0.15) is 5.10 Å². The van der Waals surface area contributed by atoms with E-state index in [4.69, 9.17) is 9.47 Å². The summed E-state index contributed by atoms with van der Waals surface area (Å²) in [6, 6.07) is 17.1. The highest BCUT2D eigenvalue weighted by Gasteiger charge is 2.40. The zero-order valence-electron chi connectivity index (χ0n) is 17.5. The monoisotopic (exact) mass is 446 g/mol. The summed E-state index contributed by atoms with van der Waals surface area (Å²) >= 11 is 1.55. The standard InChI is InChI=1S/C24H22N4O3S/c1-30-20-9-5-6-18(13-20)28-23-21(14-26-28)24(29)27(22(23)12-17-15-32-16-25-17)10-11-31-19-7-3-2-4-8-19/h2-9,13-16,22H,10-12H2,1H3. The third kappa shape index (κ3) is 3.85. The van der Waals surface area contributed by atoms with E-state index in [1.807, 2.05) is 75.1 Å². The fourth-order valence-electron chi connectivity index (χ4n) is 4.01. The molecule has 32 heavy (non-hydrogen) atoms. The van der Waals surface area contributed by atoms with Crippen LogP contribution in [-0.4, -0.2) is 45.8 Å². The van der Waals surface area contributed by atoms with Gasteiger partial charge >= 0.3 is 0 Å². The number of hydrogen-bond acceptors (Lipinski definition) is 6. The lowest BCUT2D eigenvalue weighted by atomic mass is 10.1. The smallest absolute Gasteiger partial charge is 0.258 e. The van der Waals surface area contributed by atoms with E-state index in [-0.39, 0.29) is 11.9 Å². The van der Waals surface area contributed by atoms with Crippen molar-refractivity contribution in [2.24, 2.45) is 0 Å². The van der Waals surface area contributed by atoms with Gasteiger partial charge in [-0.3, -0.25) is 4.79 Å². The molecule has 3 heterocycles. The molecule has 0 spiro atoms. The minimum Gasteiger partial charge on any atom is -0.497 e. The molecule has 0 saturated carbocycles. The first-order valence-electron chi connectivity index (χ1n) is 10.3. The molecule has 0 N–H and O–H groups in total. The molecule has 1 amide bonds. The maximum Gasteiger partial charge on any atom is 0.258 e. The fraction of sp³-hybridized carbons (Fsp3) is 0.208. The summed E-state index contributed by atoms with van der Waals surface area (Å²) < 4.78 is 13.1. The zero-order valence-corrected chi connectivity index (χ0v) is 18.4. The Balaban J connectivity index is 1.45. The molecule has 5 rings (SSSR count). The van der Waals surface area contributed by atoms with Crippen molar-refractivity contribution in [1.82, 2.24) is 19.7 Å². The van der Waals surface area contributed by atoms with Crippen molar-refractivity contribution in [2.45, 2.75) is 12.5 Å². The highest BCUT2D eigenvalue weighted by atomic mass is 32.1. The fourth-order valence-corrected chi connectivity index (χ4v) is 4.59. The Bertz CT molecular complexity index is 1210. The lowest BCUT2D eigenvalue weighted by Gasteiger charge is -2.26. The Hall–Kier alpha value is -3.65. The van der Waals surface area contributed by atoms with Gasteiger partial charge in [-0.15, -0.1) is 11.3 Å². The number of rotatable bonds is 8. The molecule has 0 aliphatic carbocycles. The van der Waals surface area contributed by atoms with E-state index in [0.717, 1.165) is 28.6 Å². The number of hydrogen-bond donors (Lipinski definition) is 0. The number of carbonyl (C=O) groups excluding carboxylic acids is 1. The molecular formula is C24H22N4O3S. The second-order valence-corrected chi connectivity index (χ2v) is 8.14. The molecule has 1 atom stereocenters. The maximum atomic E-state index is 13.3. The minimum atomic E-state index is -0.187. The lowest BCUT2D eigenvalue weighted by Crippen LogP contribution is -2.34. The molecule has 1 aliphatic rings. The van der Waals surface area contributed by atoms with E-state index in [1.165, 1.54) is 0 Å². The molecule has 7 nitrogen and oxygen atoms in total. The number of nitrogens with zero attached hydrogens (tertiary/aromatic N) is 4. The first-order chi connectivity index (χ1) is 15.7. The van der Waals surface area contributed by atoms with Crippen LogP contribution in [0.5, 0.6) is 11.5 Å². The van der Waals surface area contributed by atoms with Gasteiger partial charge in [0.2, 0.25) is 0 Å². The minimum absolute atomic E-state index is 0.0361. The molecule has 0 radical (unpaired) electrons. The van der Waals surface area contributed by atoms with Crippen LogP contribution in [0.2, 0.25) is 0 Å². The van der Waals surface area contributed by atoms with Crippen molar-refractivity contribution in [2.75, 3.05) is 20.3 Å². The topological polar surface area (TPSA) is 69.5 Å². The summed E-state index contributed by atoms with van der Waals surface area (Å²) in [5.41, 5.74) is 5.11. The number of carbonyl (C=O) groups is 1. The first-order valence-corrected chi connectivity index (χ1v) is 11.3. The van der Waals surface area contributed by atoms with Crippen LogP contribution in [-0.2, 0) is 6.42 Å². The molecule has 162 valence electrons. The van der Waals surface area contributed by atoms with Crippen LogP contribution in [0.25, 0.3) is 5.69 Å². The number of amides is 1. The molecule has 2 aromatic heterocycles. The molecule has 2 aromatic carbocycles. The Kier molecular flexibility index (Phi) is 5.60. The van der Waals surface area contributed by atoms with Crippen molar-refractivity contribution in [3.63, 3.8) is 0 Å². The third-order valence-corrected chi connectivity index (χ3v) is 6.15. The van der Waals surface area contributed by atoms with E-state index in [0.29, 0.717) is 25.1 Å². The maximum absolute atomic E-state index is 13.3. The van der Waals surface area contributed by atoms with Gasteiger partial charge in [0, 0.05) is 17.9 Å². The van der Waals surface area contributed by atoms with Crippen molar-refractivity contribution >= 4 is 17.2 Å². The van der Waals surface area contributed by atoms with Gasteiger partial charge in [-0.05, 0) is 24.3 Å². The highest BCUT2D eigenvalue weighted by molar-refractivity contribution is 7.07. The lowest BCUT2D eigenvalue weighted by molar-refractivity contribution is 0.0688. The SMILES string of the molecule is COc1cccc(-n2ncc3c2C(Cc2cscn2)N(CCOc2ccccc2)C3=O)c1. The van der Waals surface area contributed by atoms with Gasteiger partial charge in [-0.1, -0.05) is 24.3 Å². The number of methoxy groups -OCH3 is 1. The van der Waals surface area contributed by atoms with Crippen LogP contribution in [0.1, 0.15) is 27.8 Å². The zero-order chi connectivity index (χ0) is 21.9. The van der Waals surface area contributed by atoms with Crippen LogP contribution >= 0.6 is 11.3 Å². The second-order valence-electron chi connectivity index (χ2n) is 7.42. The molecule has 1 unspecified atom stereocenters. The summed E-state index contributed by atoms with van der Waals surface area (Å²) in [5, 5.41) is 6.56. The van der Waals surface area contributed by atoms with E-state index in [1.54, 1.807) is 24.6 Å². The summed E-state index contributed by atoms with van der Waals surface area (Å²) in [5.74, 6) is 1.49. The Morgan fingerprint density at radius 3 is 2.72 bits per heavy atom. The van der Waals surface area contributed by atoms with Crippen LogP contribution in [0, 0.1) is 0 Å². The quantitative estimate of drug-likeness (QED) is 0.407. The van der Waals surface area contributed by atoms with Crippen molar-refractivity contribution in [1.29, 1.82) is 0 Å². The van der Waals surface area contributed by atoms with E-state index >= 15 is 0 Å². The van der Waals surface area contributed by atoms with Gasteiger partial charge in [-0.25, -0.2) is 9.67 Å². The van der Waals surface area contributed by atoms with Crippen molar-refractivity contribution in [3.05, 3.63) is 88.6 Å². The van der Waals surface area contributed by atoms with Crippen LogP contribution in [0.4, 0.5) is 0 Å². The Morgan fingerprint density at radius 1 is 1.09 bits per heavy atom. The van der Waals surface area contributed by atoms with E-state index < -0.39 is 0 Å². The number of thiazole rings is 1. The predicted molar refractivity (Wildman–Crippen MR) is 122 cm³/mol. The predicted octanol–water partition coefficient (Wildman–Crippen LogP) is 4.16. The summed E-state index contributed by atoms with van der Waals surface area (Å²) in [6.45, 7) is 0.871. The Morgan fingerprint density at radius 2 is 1.94 bits per heavy atom. The normalized spacial score (nSPS) is 15.1. The number of para-hydroxylation sites is 1. The van der Waals surface area contributed by atoms with E-state index in [9.17, 15) is 4.79 Å². The van der Waals surface area contributed by atoms with Gasteiger partial charge in [0.15, 0.2) is 0 Å². The van der Waals surface area contributed by atoms with Crippen molar-refractivity contribution < 1.29 is 14.3 Å². The summed E-state index contributed by atoms with van der Waals surface area (Å²) in [4.78, 5) is 19.6. The highest BCUT2D eigenvalue weighted by Crippen LogP contribution is 2.37. The van der Waals surface area contributed by atoms with Crippen LogP contribution < -0.4 is 9.47 Å². The summed E-state index contributed by atoms with van der Waals surface area (Å²) in [7, 11) is 1.63. The molecule has 0 saturated heterocycles. The van der Waals surface area contributed by atoms with Crippen LogP contribution in [0.15, 0.2) is 71.7 Å². The number of fused-ring (bicyclic) bond motifs is 1. The van der Waals surface area contributed by atoms with Crippen LogP contribution in [0.3, 0.4) is 0 Å². The molecule has 0 bridgehead atoms. The van der Waals surface area contributed by atoms with Gasteiger partial charge in [0.25, 0.3) is 5.91 Å². The number of aromatic nitrogens is 3. The Labute approximate surface area is 189 Å². The third-order valence-electron chi connectivity index (χ3n) is 5.52. The number of benzene rings is 2. The first kappa shape index (κ1) is 20.3. The molecule has 0 fully saturated rings. The average Bonchev–Trinajstić information content (AvgIpc) is 3.55. The summed E-state index contributed by atoms with van der Waals surface area (Å²) in [6.07, 6.45) is 2.27.